The molecule has 2 amide bonds. The Bertz CT molecular complexity index is 1160. The molecule has 7 heteroatoms. The Morgan fingerprint density at radius 3 is 2.11 bits per heavy atom. The molecule has 0 aromatic heterocycles. The minimum absolute atomic E-state index is 0.0757. The third-order valence-electron chi connectivity index (χ3n) is 6.35. The predicted molar refractivity (Wildman–Crippen MR) is 138 cm³/mol. The fourth-order valence-electron chi connectivity index (χ4n) is 4.20. The number of piperazine rings is 1. The molecule has 0 radical (unpaired) electrons. The van der Waals surface area contributed by atoms with E-state index in [1.807, 2.05) is 59.5 Å². The van der Waals surface area contributed by atoms with Crippen molar-refractivity contribution in [1.29, 1.82) is 0 Å². The van der Waals surface area contributed by atoms with Crippen molar-refractivity contribution in [1.82, 2.24) is 9.80 Å². The number of hydrogen-bond acceptors (Lipinski definition) is 5. The molecule has 0 N–H and O–H groups in total. The van der Waals surface area contributed by atoms with Gasteiger partial charge in [0.1, 0.15) is 12.4 Å². The Hall–Kier alpha value is -4.00. The van der Waals surface area contributed by atoms with Gasteiger partial charge in [-0.15, -0.1) is 0 Å². The molecular formula is C29H32N2O5. The van der Waals surface area contributed by atoms with Crippen LogP contribution in [0.4, 0.5) is 0 Å². The Morgan fingerprint density at radius 2 is 1.44 bits per heavy atom. The maximum Gasteiger partial charge on any atom is 0.254 e. The molecule has 1 heterocycles. The summed E-state index contributed by atoms with van der Waals surface area (Å²) < 4.78 is 16.6. The number of benzene rings is 3. The lowest BCUT2D eigenvalue weighted by Gasteiger charge is -2.35. The third-order valence-corrected chi connectivity index (χ3v) is 6.35. The van der Waals surface area contributed by atoms with E-state index in [4.69, 9.17) is 14.2 Å². The highest BCUT2D eigenvalue weighted by Crippen LogP contribution is 2.29. The van der Waals surface area contributed by atoms with Gasteiger partial charge in [-0.25, -0.2) is 0 Å². The summed E-state index contributed by atoms with van der Waals surface area (Å²) >= 11 is 0. The molecule has 3 aromatic carbocycles. The van der Waals surface area contributed by atoms with E-state index in [2.05, 4.69) is 0 Å². The van der Waals surface area contributed by atoms with E-state index < -0.39 is 0 Å². The molecule has 4 rings (SSSR count). The van der Waals surface area contributed by atoms with Gasteiger partial charge >= 0.3 is 0 Å². The van der Waals surface area contributed by atoms with Gasteiger partial charge in [0.05, 0.1) is 14.2 Å². The first-order valence-corrected chi connectivity index (χ1v) is 12.1. The van der Waals surface area contributed by atoms with Crippen molar-refractivity contribution >= 4 is 11.8 Å². The maximum absolute atomic E-state index is 13.1. The zero-order valence-corrected chi connectivity index (χ0v) is 20.8. The van der Waals surface area contributed by atoms with Crippen LogP contribution in [0.5, 0.6) is 17.2 Å². The molecule has 0 bridgehead atoms. The van der Waals surface area contributed by atoms with E-state index >= 15 is 0 Å². The highest BCUT2D eigenvalue weighted by molar-refractivity contribution is 5.95. The van der Waals surface area contributed by atoms with Gasteiger partial charge < -0.3 is 24.0 Å². The number of ether oxygens (including phenoxy) is 3. The van der Waals surface area contributed by atoms with Crippen molar-refractivity contribution in [3.8, 4) is 17.2 Å². The van der Waals surface area contributed by atoms with Crippen LogP contribution >= 0.6 is 0 Å². The van der Waals surface area contributed by atoms with E-state index in [0.29, 0.717) is 62.7 Å². The van der Waals surface area contributed by atoms with Gasteiger partial charge in [0.15, 0.2) is 11.5 Å². The second-order valence-corrected chi connectivity index (χ2v) is 8.66. The van der Waals surface area contributed by atoms with Gasteiger partial charge in [0, 0.05) is 38.2 Å². The fourth-order valence-corrected chi connectivity index (χ4v) is 4.20. The Labute approximate surface area is 212 Å². The van der Waals surface area contributed by atoms with Crippen LogP contribution in [0.2, 0.25) is 0 Å². The van der Waals surface area contributed by atoms with Crippen LogP contribution in [0.15, 0.2) is 72.8 Å². The van der Waals surface area contributed by atoms with Crippen molar-refractivity contribution in [2.45, 2.75) is 19.4 Å². The minimum atomic E-state index is -0.0757. The topological polar surface area (TPSA) is 68.3 Å². The van der Waals surface area contributed by atoms with Crippen LogP contribution < -0.4 is 14.2 Å². The largest absolute Gasteiger partial charge is 0.497 e. The number of carbonyl (C=O) groups is 2. The van der Waals surface area contributed by atoms with Gasteiger partial charge in [-0.05, 0) is 47.9 Å². The van der Waals surface area contributed by atoms with Crippen LogP contribution in [0.25, 0.3) is 0 Å². The molecule has 36 heavy (non-hydrogen) atoms. The fraction of sp³-hybridized carbons (Fsp3) is 0.310. The van der Waals surface area contributed by atoms with Crippen LogP contribution in [0.3, 0.4) is 0 Å². The van der Waals surface area contributed by atoms with Crippen molar-refractivity contribution in [3.63, 3.8) is 0 Å². The molecule has 0 saturated carbocycles. The molecule has 188 valence electrons. The molecular weight excluding hydrogens is 456 g/mol. The maximum atomic E-state index is 13.1. The molecule has 1 saturated heterocycles. The van der Waals surface area contributed by atoms with Gasteiger partial charge in [0.2, 0.25) is 5.91 Å². The number of carbonyl (C=O) groups excluding carboxylic acids is 2. The summed E-state index contributed by atoms with van der Waals surface area (Å²) in [6.45, 7) is 2.48. The zero-order valence-electron chi connectivity index (χ0n) is 20.8. The van der Waals surface area contributed by atoms with E-state index in [1.165, 1.54) is 0 Å². The van der Waals surface area contributed by atoms with E-state index in [9.17, 15) is 9.59 Å². The van der Waals surface area contributed by atoms with Crippen LogP contribution in [0.1, 0.15) is 27.9 Å². The average molecular weight is 489 g/mol. The van der Waals surface area contributed by atoms with Gasteiger partial charge in [0.25, 0.3) is 5.91 Å². The Balaban J connectivity index is 1.28. The van der Waals surface area contributed by atoms with E-state index in [0.717, 1.165) is 16.9 Å². The molecule has 0 unspecified atom stereocenters. The Morgan fingerprint density at radius 1 is 0.750 bits per heavy atom. The zero-order chi connectivity index (χ0) is 25.3. The smallest absolute Gasteiger partial charge is 0.254 e. The first-order valence-electron chi connectivity index (χ1n) is 12.1. The first-order chi connectivity index (χ1) is 17.6. The molecule has 1 fully saturated rings. The second kappa shape index (κ2) is 12.1. The summed E-state index contributed by atoms with van der Waals surface area (Å²) in [5, 5.41) is 0. The lowest BCUT2D eigenvalue weighted by atomic mass is 10.1. The first kappa shape index (κ1) is 25.1. The molecule has 1 aliphatic heterocycles. The van der Waals surface area contributed by atoms with E-state index in [1.54, 1.807) is 37.3 Å². The summed E-state index contributed by atoms with van der Waals surface area (Å²) in [6.07, 6.45) is 1.13. The third kappa shape index (κ3) is 6.36. The lowest BCUT2D eigenvalue weighted by Crippen LogP contribution is -2.50. The summed E-state index contributed by atoms with van der Waals surface area (Å²) in [7, 11) is 3.20. The number of hydrogen-bond donors (Lipinski definition) is 0. The molecule has 0 aliphatic carbocycles. The van der Waals surface area contributed by atoms with Crippen molar-refractivity contribution in [3.05, 3.63) is 89.5 Å². The number of nitrogens with zero attached hydrogens (tertiary/aromatic N) is 2. The van der Waals surface area contributed by atoms with Crippen LogP contribution in [-0.4, -0.2) is 62.0 Å². The number of aryl methyl sites for hydroxylation is 1. The minimum Gasteiger partial charge on any atom is -0.497 e. The van der Waals surface area contributed by atoms with Crippen molar-refractivity contribution in [2.75, 3.05) is 40.4 Å². The summed E-state index contributed by atoms with van der Waals surface area (Å²) in [6, 6.07) is 22.9. The predicted octanol–water partition coefficient (Wildman–Crippen LogP) is 4.20. The summed E-state index contributed by atoms with van der Waals surface area (Å²) in [5.74, 6) is 1.94. The Kier molecular flexibility index (Phi) is 8.44. The summed E-state index contributed by atoms with van der Waals surface area (Å²) in [4.78, 5) is 29.4. The average Bonchev–Trinajstić information content (AvgIpc) is 2.95. The van der Waals surface area contributed by atoms with E-state index in [-0.39, 0.29) is 11.8 Å². The van der Waals surface area contributed by atoms with Gasteiger partial charge in [-0.3, -0.25) is 9.59 Å². The monoisotopic (exact) mass is 488 g/mol. The highest BCUT2D eigenvalue weighted by atomic mass is 16.5. The molecule has 0 atom stereocenters. The SMILES string of the molecule is COc1ccc(CCC(=O)N2CCN(C(=O)c3ccc(OCc4ccccc4)c(OC)c3)CC2)cc1. The molecule has 7 nitrogen and oxygen atoms in total. The molecule has 0 spiro atoms. The van der Waals surface area contributed by atoms with Crippen LogP contribution in [-0.2, 0) is 17.8 Å². The molecule has 3 aromatic rings. The van der Waals surface area contributed by atoms with Crippen molar-refractivity contribution < 1.29 is 23.8 Å². The van der Waals surface area contributed by atoms with Crippen molar-refractivity contribution in [2.24, 2.45) is 0 Å². The summed E-state index contributed by atoms with van der Waals surface area (Å²) in [5.41, 5.74) is 2.69. The lowest BCUT2D eigenvalue weighted by molar-refractivity contribution is -0.132. The van der Waals surface area contributed by atoms with Gasteiger partial charge in [-0.1, -0.05) is 42.5 Å². The standard InChI is InChI=1S/C29H32N2O5/c1-34-25-12-8-22(9-13-25)10-15-28(32)30-16-18-31(19-17-30)29(33)24-11-14-26(27(20-24)35-2)36-21-23-6-4-3-5-7-23/h3-9,11-14,20H,10,15-19,21H2,1-2H3. The normalized spacial score (nSPS) is 13.3. The number of amides is 2. The quantitative estimate of drug-likeness (QED) is 0.452. The second-order valence-electron chi connectivity index (χ2n) is 8.66. The molecule has 1 aliphatic rings. The van der Waals surface area contributed by atoms with Gasteiger partial charge in [-0.2, -0.15) is 0 Å². The number of methoxy groups -OCH3 is 2. The number of rotatable bonds is 9. The van der Waals surface area contributed by atoms with Crippen LogP contribution in [0, 0.1) is 0 Å². The highest BCUT2D eigenvalue weighted by Gasteiger charge is 2.25.